The molecule has 1 heterocycles. The van der Waals surface area contributed by atoms with Gasteiger partial charge < -0.3 is 10.5 Å². The van der Waals surface area contributed by atoms with E-state index in [0.29, 0.717) is 5.75 Å². The van der Waals surface area contributed by atoms with Crippen molar-refractivity contribution in [3.63, 3.8) is 0 Å². The Labute approximate surface area is 121 Å². The highest BCUT2D eigenvalue weighted by atomic mass is 32.2. The second-order valence-corrected chi connectivity index (χ2v) is 5.89. The fraction of sp³-hybridized carbons (Fsp3) is 0.167. The summed E-state index contributed by atoms with van der Waals surface area (Å²) in [5.41, 5.74) is 4.95. The third-order valence-corrected chi connectivity index (χ3v) is 3.84. The van der Waals surface area contributed by atoms with Gasteiger partial charge in [-0.05, 0) is 24.3 Å². The average molecular weight is 310 g/mol. The first-order valence-corrected chi connectivity index (χ1v) is 7.39. The molecule has 21 heavy (non-hydrogen) atoms. The van der Waals surface area contributed by atoms with Gasteiger partial charge in [0.25, 0.3) is 15.9 Å². The van der Waals surface area contributed by atoms with Gasteiger partial charge in [-0.15, -0.1) is 0 Å². The number of benzene rings is 1. The minimum atomic E-state index is -3.72. The van der Waals surface area contributed by atoms with Crippen LogP contribution in [0, 0.1) is 0 Å². The first kappa shape index (κ1) is 14.9. The molecule has 3 N–H and O–H groups in total. The number of carbonyl (C=O) groups is 1. The molecule has 0 atom stereocenters. The van der Waals surface area contributed by atoms with E-state index in [4.69, 9.17) is 10.5 Å². The molecule has 0 saturated carbocycles. The molecule has 112 valence electrons. The summed E-state index contributed by atoms with van der Waals surface area (Å²) in [6, 6.07) is 7.15. The summed E-state index contributed by atoms with van der Waals surface area (Å²) in [6.45, 7) is -0.266. The van der Waals surface area contributed by atoms with Crippen LogP contribution < -0.4 is 15.2 Å². The Balaban J connectivity index is 2.11. The number of primary amides is 1. The molecular weight excluding hydrogens is 296 g/mol. The number of anilines is 1. The number of ether oxygens (including phenoxy) is 1. The van der Waals surface area contributed by atoms with Crippen molar-refractivity contribution >= 4 is 21.7 Å². The third-order valence-electron chi connectivity index (χ3n) is 2.47. The summed E-state index contributed by atoms with van der Waals surface area (Å²) >= 11 is 0. The van der Waals surface area contributed by atoms with Gasteiger partial charge in [-0.3, -0.25) is 14.2 Å². The van der Waals surface area contributed by atoms with E-state index < -0.39 is 15.9 Å². The molecule has 0 radical (unpaired) electrons. The number of carbonyl (C=O) groups excluding carboxylic acids is 1. The molecule has 0 saturated heterocycles. The van der Waals surface area contributed by atoms with E-state index in [1.165, 1.54) is 28.9 Å². The number of aryl methyl sites for hydroxylation is 1. The Morgan fingerprint density at radius 3 is 2.52 bits per heavy atom. The summed E-state index contributed by atoms with van der Waals surface area (Å²) < 4.78 is 33.1. The van der Waals surface area contributed by atoms with Crippen molar-refractivity contribution in [2.24, 2.45) is 12.8 Å². The van der Waals surface area contributed by atoms with Crippen molar-refractivity contribution in [1.82, 2.24) is 9.78 Å². The molecule has 1 amide bonds. The van der Waals surface area contributed by atoms with E-state index in [1.807, 2.05) is 0 Å². The van der Waals surface area contributed by atoms with Crippen LogP contribution in [0.15, 0.2) is 41.4 Å². The van der Waals surface area contributed by atoms with Gasteiger partial charge in [-0.25, -0.2) is 8.42 Å². The van der Waals surface area contributed by atoms with E-state index in [0.717, 1.165) is 0 Å². The normalized spacial score (nSPS) is 11.1. The number of hydrogen-bond acceptors (Lipinski definition) is 5. The van der Waals surface area contributed by atoms with Crippen LogP contribution in [0.1, 0.15) is 0 Å². The molecule has 2 aromatic rings. The van der Waals surface area contributed by atoms with Gasteiger partial charge in [-0.1, -0.05) is 0 Å². The standard InChI is InChI=1S/C12H14N4O4S/c1-16-7-6-12(14-16)15-21(18,19)10-4-2-9(3-5-10)20-8-11(13)17/h2-7H,8H2,1H3,(H2,13,17)(H,14,15). The monoisotopic (exact) mass is 310 g/mol. The van der Waals surface area contributed by atoms with Crippen LogP contribution in [0.3, 0.4) is 0 Å². The average Bonchev–Trinajstić information content (AvgIpc) is 2.81. The summed E-state index contributed by atoms with van der Waals surface area (Å²) in [5, 5.41) is 3.94. The van der Waals surface area contributed by atoms with Gasteiger partial charge in [0.2, 0.25) is 0 Å². The SMILES string of the molecule is Cn1ccc(NS(=O)(=O)c2ccc(OCC(N)=O)cc2)n1. The maximum absolute atomic E-state index is 12.1. The quantitative estimate of drug-likeness (QED) is 0.784. The zero-order valence-electron chi connectivity index (χ0n) is 11.2. The minimum absolute atomic E-state index is 0.0552. The molecule has 0 aliphatic heterocycles. The zero-order valence-corrected chi connectivity index (χ0v) is 12.0. The second-order valence-electron chi connectivity index (χ2n) is 4.21. The maximum Gasteiger partial charge on any atom is 0.263 e. The van der Waals surface area contributed by atoms with Crippen molar-refractivity contribution in [3.05, 3.63) is 36.5 Å². The summed E-state index contributed by atoms with van der Waals surface area (Å²) in [5.74, 6) is -0.0272. The lowest BCUT2D eigenvalue weighted by Crippen LogP contribution is -2.20. The predicted molar refractivity (Wildman–Crippen MR) is 75.1 cm³/mol. The lowest BCUT2D eigenvalue weighted by Gasteiger charge is -2.07. The number of nitrogens with two attached hydrogens (primary N) is 1. The van der Waals surface area contributed by atoms with E-state index >= 15 is 0 Å². The van der Waals surface area contributed by atoms with Gasteiger partial charge in [0.05, 0.1) is 4.90 Å². The van der Waals surface area contributed by atoms with Crippen LogP contribution in [-0.4, -0.2) is 30.7 Å². The number of sulfonamides is 1. The first-order chi connectivity index (χ1) is 9.87. The molecule has 1 aromatic carbocycles. The van der Waals surface area contributed by atoms with Crippen molar-refractivity contribution in [2.75, 3.05) is 11.3 Å². The molecule has 1 aromatic heterocycles. The highest BCUT2D eigenvalue weighted by Gasteiger charge is 2.15. The molecule has 0 fully saturated rings. The van der Waals surface area contributed by atoms with Crippen LogP contribution >= 0.6 is 0 Å². The van der Waals surface area contributed by atoms with E-state index in [9.17, 15) is 13.2 Å². The Hall–Kier alpha value is -2.55. The lowest BCUT2D eigenvalue weighted by atomic mass is 10.3. The third kappa shape index (κ3) is 3.96. The molecule has 0 unspecified atom stereocenters. The van der Waals surface area contributed by atoms with Crippen molar-refractivity contribution < 1.29 is 17.9 Å². The van der Waals surface area contributed by atoms with Gasteiger partial charge in [0, 0.05) is 19.3 Å². The second kappa shape index (κ2) is 5.83. The molecule has 0 bridgehead atoms. The smallest absolute Gasteiger partial charge is 0.263 e. The fourth-order valence-electron chi connectivity index (χ4n) is 1.54. The number of hydrogen-bond donors (Lipinski definition) is 2. The summed E-state index contributed by atoms with van der Waals surface area (Å²) in [6.07, 6.45) is 1.62. The van der Waals surface area contributed by atoms with Gasteiger partial charge in [-0.2, -0.15) is 5.10 Å². The molecule has 0 aliphatic carbocycles. The Morgan fingerprint density at radius 1 is 1.33 bits per heavy atom. The molecule has 9 heteroatoms. The lowest BCUT2D eigenvalue weighted by molar-refractivity contribution is -0.119. The largest absolute Gasteiger partial charge is 0.484 e. The minimum Gasteiger partial charge on any atom is -0.484 e. The first-order valence-electron chi connectivity index (χ1n) is 5.90. The van der Waals surface area contributed by atoms with Gasteiger partial charge in [0.15, 0.2) is 12.4 Å². The number of nitrogens with zero attached hydrogens (tertiary/aromatic N) is 2. The fourth-order valence-corrected chi connectivity index (χ4v) is 2.53. The van der Waals surface area contributed by atoms with E-state index in [2.05, 4.69) is 9.82 Å². The highest BCUT2D eigenvalue weighted by molar-refractivity contribution is 7.92. The topological polar surface area (TPSA) is 116 Å². The molecule has 8 nitrogen and oxygen atoms in total. The van der Waals surface area contributed by atoms with Crippen LogP contribution in [0.2, 0.25) is 0 Å². The number of amides is 1. The molecular formula is C12H14N4O4S. The predicted octanol–water partition coefficient (Wildman–Crippen LogP) is 0.0850. The number of nitrogens with one attached hydrogen (secondary N) is 1. The molecule has 0 aliphatic rings. The Bertz CT molecular complexity index is 737. The maximum atomic E-state index is 12.1. The van der Waals surface area contributed by atoms with E-state index in [-0.39, 0.29) is 17.3 Å². The van der Waals surface area contributed by atoms with Gasteiger partial charge >= 0.3 is 0 Å². The van der Waals surface area contributed by atoms with Crippen LogP contribution in [-0.2, 0) is 21.9 Å². The number of rotatable bonds is 6. The summed E-state index contributed by atoms with van der Waals surface area (Å²) in [4.78, 5) is 10.6. The van der Waals surface area contributed by atoms with E-state index in [1.54, 1.807) is 19.3 Å². The van der Waals surface area contributed by atoms with Crippen molar-refractivity contribution in [2.45, 2.75) is 4.90 Å². The zero-order chi connectivity index (χ0) is 15.5. The van der Waals surface area contributed by atoms with Crippen LogP contribution in [0.4, 0.5) is 5.82 Å². The van der Waals surface area contributed by atoms with Gasteiger partial charge in [0.1, 0.15) is 5.75 Å². The highest BCUT2D eigenvalue weighted by Crippen LogP contribution is 2.18. The Kier molecular flexibility index (Phi) is 4.13. The number of aromatic nitrogens is 2. The van der Waals surface area contributed by atoms with Crippen molar-refractivity contribution in [3.8, 4) is 5.75 Å². The molecule has 0 spiro atoms. The van der Waals surface area contributed by atoms with Crippen LogP contribution in [0.25, 0.3) is 0 Å². The summed E-state index contributed by atoms with van der Waals surface area (Å²) in [7, 11) is -2.04. The Morgan fingerprint density at radius 2 is 2.00 bits per heavy atom. The molecule has 2 rings (SSSR count). The van der Waals surface area contributed by atoms with Crippen LogP contribution in [0.5, 0.6) is 5.75 Å². The van der Waals surface area contributed by atoms with Crippen molar-refractivity contribution in [1.29, 1.82) is 0 Å².